The first-order valence-electron chi connectivity index (χ1n) is 19.6. The van der Waals surface area contributed by atoms with Crippen molar-refractivity contribution < 1.29 is 49.2 Å². The fourth-order valence-electron chi connectivity index (χ4n) is 7.72. The zero-order chi connectivity index (χ0) is 39.5. The first-order valence-corrected chi connectivity index (χ1v) is 23.0. The summed E-state index contributed by atoms with van der Waals surface area (Å²) in [6.07, 6.45) is 17.8. The second-order valence-electron chi connectivity index (χ2n) is 14.2. The van der Waals surface area contributed by atoms with Crippen LogP contribution >= 0.6 is 15.8 Å². The zero-order valence-corrected chi connectivity index (χ0v) is 39.1. The molecule has 298 valence electrons. The molecule has 0 spiro atoms. The van der Waals surface area contributed by atoms with Crippen molar-refractivity contribution in [2.75, 3.05) is 12.3 Å². The predicted molar refractivity (Wildman–Crippen MR) is 252 cm³/mol. The van der Waals surface area contributed by atoms with Gasteiger partial charge in [0, 0.05) is 10.8 Å². The maximum atomic E-state index is 7.14. The van der Waals surface area contributed by atoms with Crippen LogP contribution in [0, 0.1) is 24.7 Å². The Kier molecular flexibility index (Phi) is 16.4. The molecule has 1 aliphatic rings. The van der Waals surface area contributed by atoms with E-state index in [1.54, 1.807) is 0 Å². The summed E-state index contributed by atoms with van der Waals surface area (Å²) in [5, 5.41) is 8.19. The van der Waals surface area contributed by atoms with E-state index in [-0.39, 0.29) is 44.8 Å². The number of benzene rings is 8. The molecule has 0 N–H and O–H groups in total. The molecule has 60 heavy (non-hydrogen) atoms. The van der Waals surface area contributed by atoms with Crippen molar-refractivity contribution in [3.63, 3.8) is 0 Å². The van der Waals surface area contributed by atoms with Gasteiger partial charge in [0.15, 0.2) is 0 Å². The Hall–Kier alpha value is -4.98. The topological polar surface area (TPSA) is 13.1 Å². The van der Waals surface area contributed by atoms with Gasteiger partial charge >= 0.3 is 44.8 Å². The molecule has 1 heterocycles. The molecule has 1 aromatic heterocycles. The minimum Gasteiger partial charge on any atom is -0.456 e. The molecule has 0 fully saturated rings. The average molecular weight is 1170 g/mol. The summed E-state index contributed by atoms with van der Waals surface area (Å²) in [4.78, 5) is 0. The van der Waals surface area contributed by atoms with Crippen molar-refractivity contribution in [1.82, 2.24) is 0 Å². The molecular formula is C55H42Au2OP2+2. The Labute approximate surface area is 388 Å². The van der Waals surface area contributed by atoms with E-state index >= 15 is 0 Å². The van der Waals surface area contributed by atoms with Crippen LogP contribution < -0.4 is 21.2 Å². The van der Waals surface area contributed by atoms with Gasteiger partial charge in [-0.25, -0.2) is 0 Å². The minimum absolute atomic E-state index is 0. The summed E-state index contributed by atoms with van der Waals surface area (Å²) in [6.45, 7) is 0. The molecule has 1 aliphatic carbocycles. The van der Waals surface area contributed by atoms with Crippen molar-refractivity contribution in [2.45, 2.75) is 6.42 Å². The molecule has 0 aliphatic heterocycles. The van der Waals surface area contributed by atoms with Crippen LogP contribution in [0.15, 0.2) is 211 Å². The fraction of sp³-hybridized carbons (Fsp3) is 0.0545. The first kappa shape index (κ1) is 44.6. The Morgan fingerprint density at radius 1 is 0.400 bits per heavy atom. The number of fused-ring (bicyclic) bond motifs is 6. The molecule has 0 amide bonds. The van der Waals surface area contributed by atoms with Gasteiger partial charge in [0.1, 0.15) is 23.5 Å². The standard InChI is InChI=1S/C26H24P2.C15H9.C14H7O.2Au/c1-5-13-23(14-6-1)27(24-15-7-2-8-16-24)21-22-28(25-17-9-3-10-18-25)26-19-11-4-12-20-26;1-2-11-7-8-13-10-12-5-3-4-6-14(12)15(13)9-11;1-2-10-7-8-14-12(9-10)11-5-3-4-6-13(11)15-14;;/h1-20H,21-22H2;3-9H,10H2;3-9H;;/q;2*-1;2*+1/p+2. The van der Waals surface area contributed by atoms with E-state index in [0.29, 0.717) is 0 Å². The van der Waals surface area contributed by atoms with E-state index in [0.717, 1.165) is 39.5 Å². The first-order chi connectivity index (χ1) is 28.7. The van der Waals surface area contributed by atoms with Gasteiger partial charge in [-0.3, -0.25) is 11.8 Å². The molecule has 8 aromatic carbocycles. The largest absolute Gasteiger partial charge is 1.00 e. The van der Waals surface area contributed by atoms with Crippen LogP contribution in [0.2, 0.25) is 0 Å². The van der Waals surface area contributed by atoms with E-state index in [2.05, 4.69) is 164 Å². The maximum absolute atomic E-state index is 7.14. The van der Waals surface area contributed by atoms with Gasteiger partial charge < -0.3 is 17.3 Å². The van der Waals surface area contributed by atoms with Crippen molar-refractivity contribution in [2.24, 2.45) is 0 Å². The molecule has 10 rings (SSSR count). The molecule has 5 heteroatoms. The van der Waals surface area contributed by atoms with Gasteiger partial charge in [0.2, 0.25) is 0 Å². The smallest absolute Gasteiger partial charge is 0.456 e. The van der Waals surface area contributed by atoms with Gasteiger partial charge in [0.25, 0.3) is 0 Å². The quantitative estimate of drug-likeness (QED) is 0.0671. The molecule has 0 bridgehead atoms. The molecule has 1 nitrogen and oxygen atoms in total. The summed E-state index contributed by atoms with van der Waals surface area (Å²) >= 11 is 0. The van der Waals surface area contributed by atoms with Crippen LogP contribution in [0.3, 0.4) is 0 Å². The Bertz CT molecular complexity index is 2680. The molecule has 0 saturated heterocycles. The molecular weight excluding hydrogens is 1130 g/mol. The third-order valence-electron chi connectivity index (χ3n) is 10.6. The van der Waals surface area contributed by atoms with E-state index in [1.807, 2.05) is 54.6 Å². The second kappa shape index (κ2) is 22.0. The third kappa shape index (κ3) is 10.7. The molecule has 0 saturated carbocycles. The van der Waals surface area contributed by atoms with Crippen molar-refractivity contribution in [3.8, 4) is 23.0 Å². The van der Waals surface area contributed by atoms with Crippen molar-refractivity contribution in [3.05, 3.63) is 241 Å². The van der Waals surface area contributed by atoms with Crippen LogP contribution in [0.5, 0.6) is 0 Å². The molecule has 0 radical (unpaired) electrons. The summed E-state index contributed by atoms with van der Waals surface area (Å²) in [7, 11) is -1.57. The number of para-hydroxylation sites is 1. The second-order valence-corrected chi connectivity index (χ2v) is 19.4. The van der Waals surface area contributed by atoms with E-state index in [9.17, 15) is 0 Å². The van der Waals surface area contributed by atoms with Crippen molar-refractivity contribution in [1.29, 1.82) is 0 Å². The van der Waals surface area contributed by atoms with Crippen LogP contribution in [0.25, 0.3) is 33.1 Å². The Balaban J connectivity index is 0.000000160. The minimum atomic E-state index is -0.783. The van der Waals surface area contributed by atoms with Crippen LogP contribution in [-0.2, 0) is 51.2 Å². The summed E-state index contributed by atoms with van der Waals surface area (Å²) < 4.78 is 5.66. The average Bonchev–Trinajstić information content (AvgIpc) is 3.87. The molecule has 9 aromatic rings. The van der Waals surface area contributed by atoms with Gasteiger partial charge in [-0.15, -0.1) is 35.4 Å². The third-order valence-corrected chi connectivity index (χ3v) is 16.7. The fourth-order valence-corrected chi connectivity index (χ4v) is 13.9. The van der Waals surface area contributed by atoms with Gasteiger partial charge in [0.05, 0.1) is 37.1 Å². The van der Waals surface area contributed by atoms with E-state index in [4.69, 9.17) is 17.3 Å². The molecule has 0 atom stereocenters. The maximum Gasteiger partial charge on any atom is 1.00 e. The monoisotopic (exact) mass is 1170 g/mol. The summed E-state index contributed by atoms with van der Waals surface area (Å²) in [5.74, 6) is 4.82. The van der Waals surface area contributed by atoms with Crippen LogP contribution in [0.1, 0.15) is 22.3 Å². The SMILES string of the molecule is [Au+].[Au+].[C-]#Cc1ccc2c(c1)-c1ccccc1C2.[C-]#Cc1ccc2oc3ccccc3c2c1.c1ccc([PH+](CC[PH+](c2ccccc2)c2ccccc2)c2ccccc2)cc1. The van der Waals surface area contributed by atoms with Gasteiger partial charge in [-0.05, 0) is 89.3 Å². The number of hydrogen-bond donors (Lipinski definition) is 0. The number of furan rings is 1. The number of rotatable bonds is 7. The number of hydrogen-bond acceptors (Lipinski definition) is 1. The van der Waals surface area contributed by atoms with Gasteiger partial charge in [-0.1, -0.05) is 121 Å². The zero-order valence-electron chi connectivity index (χ0n) is 32.8. The van der Waals surface area contributed by atoms with Gasteiger partial charge in [-0.2, -0.15) is 0 Å². The van der Waals surface area contributed by atoms with E-state index in [1.165, 1.54) is 55.8 Å². The van der Waals surface area contributed by atoms with Crippen LogP contribution in [0.4, 0.5) is 0 Å². The molecule has 0 unspecified atom stereocenters. The Morgan fingerprint density at radius 2 is 0.817 bits per heavy atom. The Morgan fingerprint density at radius 3 is 1.35 bits per heavy atom. The summed E-state index contributed by atoms with van der Waals surface area (Å²) in [6, 6.07) is 72.6. The predicted octanol–water partition coefficient (Wildman–Crippen LogP) is 11.4. The summed E-state index contributed by atoms with van der Waals surface area (Å²) in [5.41, 5.74) is 8.68. The van der Waals surface area contributed by atoms with Crippen molar-refractivity contribution >= 4 is 59.0 Å². The normalized spacial score (nSPS) is 10.7. The van der Waals surface area contributed by atoms with E-state index < -0.39 is 15.8 Å². The van der Waals surface area contributed by atoms with Crippen LogP contribution in [-0.4, -0.2) is 12.3 Å².